The lowest BCUT2D eigenvalue weighted by atomic mass is 10.00. The molecule has 0 radical (unpaired) electrons. The van der Waals surface area contributed by atoms with Crippen molar-refractivity contribution in [2.75, 3.05) is 17.9 Å². The molecule has 1 aliphatic rings. The van der Waals surface area contributed by atoms with Crippen LogP contribution in [0.25, 0.3) is 0 Å². The predicted octanol–water partition coefficient (Wildman–Crippen LogP) is 3.94. The molecule has 1 aliphatic heterocycles. The molecule has 166 valence electrons. The second-order valence-corrected chi connectivity index (χ2v) is 10.8. The van der Waals surface area contributed by atoms with E-state index in [1.807, 2.05) is 18.2 Å². The van der Waals surface area contributed by atoms with E-state index in [0.717, 1.165) is 23.3 Å². The molecule has 0 aliphatic carbocycles. The zero-order valence-electron chi connectivity index (χ0n) is 16.8. The third-order valence-corrected chi connectivity index (χ3v) is 8.10. The maximum Gasteiger partial charge on any atom is 0.338 e. The first kappa shape index (κ1) is 22.3. The van der Waals surface area contributed by atoms with Crippen LogP contribution in [0.15, 0.2) is 64.9 Å². The van der Waals surface area contributed by atoms with Gasteiger partial charge in [0, 0.05) is 18.8 Å². The summed E-state index contributed by atoms with van der Waals surface area (Å²) in [6, 6.07) is 16.6. The summed E-state index contributed by atoms with van der Waals surface area (Å²) in [6.07, 6.45) is 0.769. The Morgan fingerprint density at radius 1 is 1.03 bits per heavy atom. The fraction of sp³-hybridized carbons (Fsp3) is 0.182. The molecule has 3 aromatic rings. The smallest absolute Gasteiger partial charge is 0.338 e. The molecule has 0 spiro atoms. The van der Waals surface area contributed by atoms with E-state index in [1.54, 1.807) is 4.90 Å². The zero-order valence-corrected chi connectivity index (χ0v) is 19.2. The zero-order chi connectivity index (χ0) is 22.7. The summed E-state index contributed by atoms with van der Waals surface area (Å²) in [5.74, 6) is -0.915. The Morgan fingerprint density at radius 3 is 2.44 bits per heavy atom. The number of halogens is 1. The highest BCUT2D eigenvalue weighted by Crippen LogP contribution is 2.27. The number of hydrogen-bond acceptors (Lipinski definition) is 6. The highest BCUT2D eigenvalue weighted by Gasteiger charge is 2.22. The van der Waals surface area contributed by atoms with Gasteiger partial charge in [0.05, 0.1) is 9.90 Å². The quantitative estimate of drug-likeness (QED) is 0.528. The molecule has 10 heteroatoms. The van der Waals surface area contributed by atoms with Gasteiger partial charge in [-0.3, -0.25) is 9.52 Å². The number of amides is 1. The van der Waals surface area contributed by atoms with Gasteiger partial charge < -0.3 is 9.64 Å². The molecule has 1 amide bonds. The normalized spacial score (nSPS) is 13.3. The van der Waals surface area contributed by atoms with Crippen molar-refractivity contribution in [1.29, 1.82) is 0 Å². The van der Waals surface area contributed by atoms with Crippen molar-refractivity contribution in [2.24, 2.45) is 0 Å². The predicted molar refractivity (Wildman–Crippen MR) is 122 cm³/mol. The van der Waals surface area contributed by atoms with Crippen molar-refractivity contribution in [3.8, 4) is 0 Å². The summed E-state index contributed by atoms with van der Waals surface area (Å²) in [7, 11) is -3.76. The Labute approximate surface area is 194 Å². The van der Waals surface area contributed by atoms with E-state index in [9.17, 15) is 18.0 Å². The van der Waals surface area contributed by atoms with Gasteiger partial charge >= 0.3 is 5.97 Å². The van der Waals surface area contributed by atoms with Crippen LogP contribution >= 0.6 is 22.9 Å². The molecule has 1 aromatic heterocycles. The number of sulfonamides is 1. The molecule has 0 unspecified atom stereocenters. The second-order valence-electron chi connectivity index (χ2n) is 7.15. The minimum absolute atomic E-state index is 0.0878. The Balaban J connectivity index is 1.32. The number of hydrogen-bond donors (Lipinski definition) is 1. The van der Waals surface area contributed by atoms with Crippen molar-refractivity contribution in [3.63, 3.8) is 0 Å². The fourth-order valence-electron chi connectivity index (χ4n) is 3.33. The van der Waals surface area contributed by atoms with Crippen LogP contribution in [0, 0.1) is 0 Å². The molecular weight excluding hydrogens is 472 g/mol. The summed E-state index contributed by atoms with van der Waals surface area (Å²) >= 11 is 6.74. The molecule has 0 bridgehead atoms. The van der Waals surface area contributed by atoms with E-state index in [2.05, 4.69) is 10.8 Å². The van der Waals surface area contributed by atoms with Crippen molar-refractivity contribution >= 4 is 50.5 Å². The van der Waals surface area contributed by atoms with Gasteiger partial charge in [0.25, 0.3) is 15.9 Å². The third-order valence-electron chi connectivity index (χ3n) is 5.00. The summed E-state index contributed by atoms with van der Waals surface area (Å²) in [6.45, 7) is 0.725. The molecule has 7 nitrogen and oxygen atoms in total. The van der Waals surface area contributed by atoms with E-state index in [4.69, 9.17) is 16.3 Å². The molecule has 0 saturated carbocycles. The number of rotatable bonds is 6. The number of thiophene rings is 1. The molecular formula is C22H19ClN2O5S2. The number of esters is 1. The Hall–Kier alpha value is -2.88. The topological polar surface area (TPSA) is 92.8 Å². The van der Waals surface area contributed by atoms with Crippen LogP contribution in [-0.2, 0) is 32.5 Å². The van der Waals surface area contributed by atoms with Gasteiger partial charge in [-0.15, -0.1) is 11.3 Å². The summed E-state index contributed by atoms with van der Waals surface area (Å²) in [5.41, 5.74) is 2.82. The van der Waals surface area contributed by atoms with Crippen molar-refractivity contribution < 1.29 is 22.7 Å². The van der Waals surface area contributed by atoms with Crippen LogP contribution in [-0.4, -0.2) is 38.3 Å². The van der Waals surface area contributed by atoms with Crippen LogP contribution in [0.1, 0.15) is 21.5 Å². The van der Waals surface area contributed by atoms with Gasteiger partial charge in [0.15, 0.2) is 6.61 Å². The SMILES string of the molecule is O=C(OCC(=O)N1CCc2ccccc2C1)c1ccc(NS(=O)(=O)c2ccc(Cl)s2)cc1. The monoisotopic (exact) mass is 490 g/mol. The highest BCUT2D eigenvalue weighted by atomic mass is 35.5. The molecule has 0 atom stereocenters. The molecule has 2 aromatic carbocycles. The van der Waals surface area contributed by atoms with Gasteiger partial charge in [0.2, 0.25) is 0 Å². The van der Waals surface area contributed by atoms with E-state index in [1.165, 1.54) is 42.0 Å². The summed E-state index contributed by atoms with van der Waals surface area (Å²) in [4.78, 5) is 26.4. The Bertz CT molecular complexity index is 1260. The van der Waals surface area contributed by atoms with Gasteiger partial charge in [-0.1, -0.05) is 35.9 Å². The van der Waals surface area contributed by atoms with Crippen molar-refractivity contribution in [1.82, 2.24) is 4.90 Å². The number of benzene rings is 2. The van der Waals surface area contributed by atoms with Crippen molar-refractivity contribution in [3.05, 3.63) is 81.7 Å². The average Bonchev–Trinajstić information content (AvgIpc) is 3.24. The summed E-state index contributed by atoms with van der Waals surface area (Å²) < 4.78 is 32.7. The largest absolute Gasteiger partial charge is 0.452 e. The molecule has 2 heterocycles. The highest BCUT2D eigenvalue weighted by molar-refractivity contribution is 7.94. The Morgan fingerprint density at radius 2 is 1.75 bits per heavy atom. The number of carbonyl (C=O) groups excluding carboxylic acids is 2. The van der Waals surface area contributed by atoms with Crippen LogP contribution < -0.4 is 4.72 Å². The number of carbonyl (C=O) groups is 2. The average molecular weight is 491 g/mol. The fourth-order valence-corrected chi connectivity index (χ4v) is 5.87. The van der Waals surface area contributed by atoms with E-state index in [-0.39, 0.29) is 28.0 Å². The number of ether oxygens (including phenoxy) is 1. The van der Waals surface area contributed by atoms with Gasteiger partial charge in [-0.05, 0) is 53.9 Å². The van der Waals surface area contributed by atoms with Crippen LogP contribution in [0.2, 0.25) is 4.34 Å². The number of nitrogens with zero attached hydrogens (tertiary/aromatic N) is 1. The van der Waals surface area contributed by atoms with Crippen LogP contribution in [0.5, 0.6) is 0 Å². The lowest BCUT2D eigenvalue weighted by molar-refractivity contribution is -0.135. The van der Waals surface area contributed by atoms with Gasteiger partial charge in [0.1, 0.15) is 4.21 Å². The summed E-state index contributed by atoms with van der Waals surface area (Å²) in [5, 5.41) is 0. The van der Waals surface area contributed by atoms with Crippen LogP contribution in [0.4, 0.5) is 5.69 Å². The molecule has 32 heavy (non-hydrogen) atoms. The van der Waals surface area contributed by atoms with E-state index < -0.39 is 16.0 Å². The second kappa shape index (κ2) is 9.32. The van der Waals surface area contributed by atoms with E-state index in [0.29, 0.717) is 17.4 Å². The minimum Gasteiger partial charge on any atom is -0.452 e. The Kier molecular flexibility index (Phi) is 6.50. The van der Waals surface area contributed by atoms with Crippen LogP contribution in [0.3, 0.4) is 0 Å². The van der Waals surface area contributed by atoms with Crippen molar-refractivity contribution in [2.45, 2.75) is 17.2 Å². The third kappa shape index (κ3) is 5.12. The maximum absolute atomic E-state index is 12.5. The molecule has 1 N–H and O–H groups in total. The maximum atomic E-state index is 12.5. The first-order valence-electron chi connectivity index (χ1n) is 9.72. The molecule has 0 fully saturated rings. The first-order chi connectivity index (χ1) is 15.3. The number of fused-ring (bicyclic) bond motifs is 1. The number of nitrogens with one attached hydrogen (secondary N) is 1. The molecule has 0 saturated heterocycles. The van der Waals surface area contributed by atoms with Gasteiger partial charge in [-0.25, -0.2) is 13.2 Å². The van der Waals surface area contributed by atoms with Gasteiger partial charge in [-0.2, -0.15) is 0 Å². The lowest BCUT2D eigenvalue weighted by Gasteiger charge is -2.28. The minimum atomic E-state index is -3.76. The lowest BCUT2D eigenvalue weighted by Crippen LogP contribution is -2.38. The van der Waals surface area contributed by atoms with E-state index >= 15 is 0 Å². The number of anilines is 1. The first-order valence-corrected chi connectivity index (χ1v) is 12.4. The molecule has 4 rings (SSSR count). The standard InChI is InChI=1S/C22H19ClN2O5S2/c23-19-9-10-21(31-19)32(28,29)24-18-7-5-16(6-8-18)22(27)30-14-20(26)25-12-11-15-3-1-2-4-17(15)13-25/h1-10,24H,11-14H2.